The number of nitrogens with one attached hydrogen (secondary N) is 1. The Kier molecular flexibility index (Phi) is 4.10. The summed E-state index contributed by atoms with van der Waals surface area (Å²) in [4.78, 5) is 7.69. The standard InChI is InChI=1S/C13H15NOS/c1-2-15-14-10-12-8-9-13(16-12)11-6-4-3-5-7-11/h3-9,14H,2,10H2,1H3. The predicted octanol–water partition coefficient (Wildman–Crippen LogP) is 3.46. The summed E-state index contributed by atoms with van der Waals surface area (Å²) in [5, 5.41) is 0. The maximum absolute atomic E-state index is 5.11. The van der Waals surface area contributed by atoms with Crippen molar-refractivity contribution in [2.45, 2.75) is 13.5 Å². The second-order valence-corrected chi connectivity index (χ2v) is 4.55. The first-order chi connectivity index (χ1) is 7.90. The summed E-state index contributed by atoms with van der Waals surface area (Å²) in [6.07, 6.45) is 0. The molecule has 0 aliphatic heterocycles. The zero-order chi connectivity index (χ0) is 11.2. The van der Waals surface area contributed by atoms with E-state index in [1.807, 2.05) is 13.0 Å². The summed E-state index contributed by atoms with van der Waals surface area (Å²) in [7, 11) is 0. The van der Waals surface area contributed by atoms with E-state index < -0.39 is 0 Å². The lowest BCUT2D eigenvalue weighted by molar-refractivity contribution is 0.0469. The minimum atomic E-state index is 0.691. The number of hydroxylamine groups is 1. The van der Waals surface area contributed by atoms with Gasteiger partial charge in [-0.1, -0.05) is 30.3 Å². The molecule has 1 aromatic carbocycles. The lowest BCUT2D eigenvalue weighted by atomic mass is 10.2. The van der Waals surface area contributed by atoms with E-state index in [2.05, 4.69) is 41.9 Å². The minimum absolute atomic E-state index is 0.691. The lowest BCUT2D eigenvalue weighted by Crippen LogP contribution is -2.12. The van der Waals surface area contributed by atoms with Crippen LogP contribution in [0.2, 0.25) is 0 Å². The van der Waals surface area contributed by atoms with Gasteiger partial charge in [-0.2, -0.15) is 5.48 Å². The average molecular weight is 233 g/mol. The zero-order valence-corrected chi connectivity index (χ0v) is 10.1. The highest BCUT2D eigenvalue weighted by Crippen LogP contribution is 2.27. The Hall–Kier alpha value is -1.16. The van der Waals surface area contributed by atoms with Crippen molar-refractivity contribution >= 4 is 11.3 Å². The van der Waals surface area contributed by atoms with Crippen LogP contribution >= 0.6 is 11.3 Å². The SMILES string of the molecule is CCONCc1ccc(-c2ccccc2)s1. The molecule has 1 heterocycles. The van der Waals surface area contributed by atoms with Gasteiger partial charge in [-0.3, -0.25) is 0 Å². The van der Waals surface area contributed by atoms with Gasteiger partial charge in [0.15, 0.2) is 0 Å². The first-order valence-electron chi connectivity index (χ1n) is 5.39. The van der Waals surface area contributed by atoms with Gasteiger partial charge in [0.05, 0.1) is 13.2 Å². The molecule has 0 spiro atoms. The van der Waals surface area contributed by atoms with E-state index in [4.69, 9.17) is 4.84 Å². The molecule has 3 heteroatoms. The van der Waals surface area contributed by atoms with E-state index in [0.29, 0.717) is 6.61 Å². The fourth-order valence-electron chi connectivity index (χ4n) is 1.45. The van der Waals surface area contributed by atoms with Crippen LogP contribution in [0.15, 0.2) is 42.5 Å². The third-order valence-corrected chi connectivity index (χ3v) is 3.35. The topological polar surface area (TPSA) is 21.3 Å². The fraction of sp³-hybridized carbons (Fsp3) is 0.231. The summed E-state index contributed by atoms with van der Waals surface area (Å²) < 4.78 is 0. The molecule has 1 N–H and O–H groups in total. The van der Waals surface area contributed by atoms with Crippen LogP contribution in [0.1, 0.15) is 11.8 Å². The highest BCUT2D eigenvalue weighted by Gasteiger charge is 2.01. The van der Waals surface area contributed by atoms with E-state index in [-0.39, 0.29) is 0 Å². The monoisotopic (exact) mass is 233 g/mol. The van der Waals surface area contributed by atoms with Crippen molar-refractivity contribution in [3.05, 3.63) is 47.3 Å². The van der Waals surface area contributed by atoms with Crippen molar-refractivity contribution in [3.8, 4) is 10.4 Å². The van der Waals surface area contributed by atoms with E-state index in [9.17, 15) is 0 Å². The van der Waals surface area contributed by atoms with Gasteiger partial charge in [-0.25, -0.2) is 0 Å². The summed E-state index contributed by atoms with van der Waals surface area (Å²) in [6, 6.07) is 14.7. The molecule has 0 radical (unpaired) electrons. The molecule has 0 saturated heterocycles. The summed E-state index contributed by atoms with van der Waals surface area (Å²) >= 11 is 1.79. The van der Waals surface area contributed by atoms with Crippen LogP contribution in [-0.4, -0.2) is 6.61 Å². The van der Waals surface area contributed by atoms with Crippen LogP contribution < -0.4 is 5.48 Å². The van der Waals surface area contributed by atoms with Crippen LogP contribution in [0.3, 0.4) is 0 Å². The maximum atomic E-state index is 5.11. The van der Waals surface area contributed by atoms with E-state index in [0.717, 1.165) is 6.54 Å². The first-order valence-corrected chi connectivity index (χ1v) is 6.20. The third kappa shape index (κ3) is 2.92. The second-order valence-electron chi connectivity index (χ2n) is 3.39. The van der Waals surface area contributed by atoms with Crippen molar-refractivity contribution in [1.29, 1.82) is 0 Å². The van der Waals surface area contributed by atoms with Gasteiger partial charge >= 0.3 is 0 Å². The number of benzene rings is 1. The highest BCUT2D eigenvalue weighted by atomic mass is 32.1. The lowest BCUT2D eigenvalue weighted by Gasteiger charge is -2.00. The van der Waals surface area contributed by atoms with Crippen molar-refractivity contribution < 1.29 is 4.84 Å². The quantitative estimate of drug-likeness (QED) is 0.631. The van der Waals surface area contributed by atoms with Crippen molar-refractivity contribution in [2.75, 3.05) is 6.61 Å². The molecule has 0 saturated carbocycles. The largest absolute Gasteiger partial charge is 0.302 e. The van der Waals surface area contributed by atoms with Crippen LogP contribution in [0.5, 0.6) is 0 Å². The Labute approximate surface area is 99.8 Å². The van der Waals surface area contributed by atoms with E-state index in [1.165, 1.54) is 15.3 Å². The molecule has 0 bridgehead atoms. The van der Waals surface area contributed by atoms with E-state index in [1.54, 1.807) is 11.3 Å². The molecular formula is C13H15NOS. The zero-order valence-electron chi connectivity index (χ0n) is 9.27. The van der Waals surface area contributed by atoms with Gasteiger partial charge in [-0.05, 0) is 24.6 Å². The van der Waals surface area contributed by atoms with Crippen molar-refractivity contribution in [1.82, 2.24) is 5.48 Å². The molecule has 2 nitrogen and oxygen atoms in total. The normalized spacial score (nSPS) is 10.6. The molecule has 2 aromatic rings. The summed E-state index contributed by atoms with van der Waals surface area (Å²) in [5.41, 5.74) is 4.20. The molecule has 0 atom stereocenters. The molecule has 0 aliphatic rings. The van der Waals surface area contributed by atoms with Crippen molar-refractivity contribution in [2.24, 2.45) is 0 Å². The fourth-order valence-corrected chi connectivity index (χ4v) is 2.39. The van der Waals surface area contributed by atoms with Gasteiger partial charge in [0.1, 0.15) is 0 Å². The molecule has 0 unspecified atom stereocenters. The Bertz CT molecular complexity index is 425. The Balaban J connectivity index is 2.02. The Morgan fingerprint density at radius 3 is 2.69 bits per heavy atom. The summed E-state index contributed by atoms with van der Waals surface area (Å²) in [5.74, 6) is 0. The molecule has 0 aliphatic carbocycles. The molecular weight excluding hydrogens is 218 g/mol. The number of rotatable bonds is 5. The van der Waals surface area contributed by atoms with Crippen LogP contribution in [0.25, 0.3) is 10.4 Å². The predicted molar refractivity (Wildman–Crippen MR) is 68.2 cm³/mol. The second kappa shape index (κ2) is 5.80. The van der Waals surface area contributed by atoms with Crippen molar-refractivity contribution in [3.63, 3.8) is 0 Å². The highest BCUT2D eigenvalue weighted by molar-refractivity contribution is 7.15. The third-order valence-electron chi connectivity index (χ3n) is 2.21. The van der Waals surface area contributed by atoms with E-state index >= 15 is 0 Å². The smallest absolute Gasteiger partial charge is 0.0654 e. The number of thiophene rings is 1. The minimum Gasteiger partial charge on any atom is -0.302 e. The van der Waals surface area contributed by atoms with Gasteiger partial charge in [0.2, 0.25) is 0 Å². The summed E-state index contributed by atoms with van der Waals surface area (Å²) in [6.45, 7) is 3.43. The average Bonchev–Trinajstić information content (AvgIpc) is 2.79. The molecule has 16 heavy (non-hydrogen) atoms. The Morgan fingerprint density at radius 1 is 1.12 bits per heavy atom. The molecule has 0 amide bonds. The van der Waals surface area contributed by atoms with Crippen LogP contribution in [-0.2, 0) is 11.4 Å². The molecule has 2 rings (SSSR count). The maximum Gasteiger partial charge on any atom is 0.0654 e. The molecule has 1 aromatic heterocycles. The molecule has 84 valence electrons. The van der Waals surface area contributed by atoms with Gasteiger partial charge in [0, 0.05) is 9.75 Å². The Morgan fingerprint density at radius 2 is 1.94 bits per heavy atom. The first kappa shape index (κ1) is 11.3. The van der Waals surface area contributed by atoms with Gasteiger partial charge in [-0.15, -0.1) is 11.3 Å². The van der Waals surface area contributed by atoms with Gasteiger partial charge < -0.3 is 4.84 Å². The van der Waals surface area contributed by atoms with Crippen LogP contribution in [0.4, 0.5) is 0 Å². The number of hydrogen-bond acceptors (Lipinski definition) is 3. The molecule has 0 fully saturated rings. The number of hydrogen-bond donors (Lipinski definition) is 1. The van der Waals surface area contributed by atoms with Crippen LogP contribution in [0, 0.1) is 0 Å². The van der Waals surface area contributed by atoms with Gasteiger partial charge in [0.25, 0.3) is 0 Å².